The van der Waals surface area contributed by atoms with Crippen molar-refractivity contribution in [2.45, 2.75) is 19.8 Å². The molecule has 0 radical (unpaired) electrons. The van der Waals surface area contributed by atoms with Crippen LogP contribution in [0.5, 0.6) is 5.75 Å². The van der Waals surface area contributed by atoms with E-state index in [1.165, 1.54) is 12.1 Å². The zero-order chi connectivity index (χ0) is 10.4. The van der Waals surface area contributed by atoms with Gasteiger partial charge in [-0.2, -0.15) is 0 Å². The highest BCUT2D eigenvalue weighted by atomic mass is 19.1. The molecule has 1 aromatic carbocycles. The molecule has 0 amide bonds. The van der Waals surface area contributed by atoms with Crippen LogP contribution < -0.4 is 4.74 Å². The van der Waals surface area contributed by atoms with Gasteiger partial charge in [0.15, 0.2) is 0 Å². The van der Waals surface area contributed by atoms with Crippen LogP contribution >= 0.6 is 0 Å². The highest BCUT2D eigenvalue weighted by Crippen LogP contribution is 2.11. The van der Waals surface area contributed by atoms with Crippen molar-refractivity contribution >= 4 is 5.78 Å². The van der Waals surface area contributed by atoms with Gasteiger partial charge in [0.1, 0.15) is 17.3 Å². The summed E-state index contributed by atoms with van der Waals surface area (Å²) in [6, 6.07) is 5.90. The molecule has 76 valence electrons. The minimum absolute atomic E-state index is 0.154. The van der Waals surface area contributed by atoms with Crippen LogP contribution in [-0.2, 0) is 4.79 Å². The summed E-state index contributed by atoms with van der Waals surface area (Å²) in [5.41, 5.74) is 0. The number of benzene rings is 1. The van der Waals surface area contributed by atoms with Crippen LogP contribution in [0, 0.1) is 5.82 Å². The maximum absolute atomic E-state index is 12.7. The van der Waals surface area contributed by atoms with E-state index in [-0.39, 0.29) is 11.6 Å². The summed E-state index contributed by atoms with van der Waals surface area (Å²) >= 11 is 0. The number of ether oxygens (including phenoxy) is 1. The Morgan fingerprint density at radius 1 is 1.50 bits per heavy atom. The van der Waals surface area contributed by atoms with Gasteiger partial charge in [0.25, 0.3) is 0 Å². The Bertz CT molecular complexity index is 310. The summed E-state index contributed by atoms with van der Waals surface area (Å²) in [5, 5.41) is 0. The molecule has 0 heterocycles. The molecule has 2 nitrogen and oxygen atoms in total. The number of rotatable bonds is 5. The number of carbonyl (C=O) groups is 1. The minimum Gasteiger partial charge on any atom is -0.493 e. The van der Waals surface area contributed by atoms with Crippen LogP contribution in [0.15, 0.2) is 24.3 Å². The highest BCUT2D eigenvalue weighted by Gasteiger charge is 1.99. The summed E-state index contributed by atoms with van der Waals surface area (Å²) < 4.78 is 17.9. The first-order valence-corrected chi connectivity index (χ1v) is 4.62. The van der Waals surface area contributed by atoms with Crippen molar-refractivity contribution in [1.29, 1.82) is 0 Å². The third kappa shape index (κ3) is 3.56. The van der Waals surface area contributed by atoms with Crippen LogP contribution in [0.2, 0.25) is 0 Å². The smallest absolute Gasteiger partial charge is 0.136 e. The lowest BCUT2D eigenvalue weighted by Crippen LogP contribution is -2.04. The minimum atomic E-state index is -0.329. The SMILES string of the molecule is CCC(=O)CCOc1cccc(F)c1. The van der Waals surface area contributed by atoms with Gasteiger partial charge in [0.05, 0.1) is 6.61 Å². The number of hydrogen-bond donors (Lipinski definition) is 0. The van der Waals surface area contributed by atoms with Crippen molar-refractivity contribution in [3.8, 4) is 5.75 Å². The second-order valence-electron chi connectivity index (χ2n) is 2.95. The monoisotopic (exact) mass is 196 g/mol. The molecule has 3 heteroatoms. The van der Waals surface area contributed by atoms with E-state index in [4.69, 9.17) is 4.74 Å². The highest BCUT2D eigenvalue weighted by molar-refractivity contribution is 5.78. The molecule has 0 aromatic heterocycles. The Kier molecular flexibility index (Phi) is 4.11. The molecule has 0 N–H and O–H groups in total. The van der Waals surface area contributed by atoms with Crippen LogP contribution in [0.4, 0.5) is 4.39 Å². The molecular formula is C11H13FO2. The second-order valence-corrected chi connectivity index (χ2v) is 2.95. The third-order valence-electron chi connectivity index (χ3n) is 1.84. The van der Waals surface area contributed by atoms with E-state index in [1.54, 1.807) is 12.1 Å². The lowest BCUT2D eigenvalue weighted by atomic mass is 10.2. The third-order valence-corrected chi connectivity index (χ3v) is 1.84. The lowest BCUT2D eigenvalue weighted by Gasteiger charge is -2.04. The van der Waals surface area contributed by atoms with E-state index < -0.39 is 0 Å². The van der Waals surface area contributed by atoms with Crippen LogP contribution in [0.3, 0.4) is 0 Å². The first-order valence-electron chi connectivity index (χ1n) is 4.62. The summed E-state index contributed by atoms with van der Waals surface area (Å²) in [7, 11) is 0. The van der Waals surface area contributed by atoms with Crippen LogP contribution in [0.25, 0.3) is 0 Å². The van der Waals surface area contributed by atoms with E-state index in [0.29, 0.717) is 25.2 Å². The summed E-state index contributed by atoms with van der Waals surface area (Å²) in [4.78, 5) is 10.9. The van der Waals surface area contributed by atoms with Gasteiger partial charge in [0.2, 0.25) is 0 Å². The number of halogens is 1. The standard InChI is InChI=1S/C11H13FO2/c1-2-10(13)6-7-14-11-5-3-4-9(12)8-11/h3-5,8H,2,6-7H2,1H3. The van der Waals surface area contributed by atoms with Gasteiger partial charge in [-0.3, -0.25) is 4.79 Å². The molecule has 0 aliphatic carbocycles. The molecule has 0 bridgehead atoms. The normalized spacial score (nSPS) is 9.86. The van der Waals surface area contributed by atoms with E-state index in [2.05, 4.69) is 0 Å². The number of hydrogen-bond acceptors (Lipinski definition) is 2. The summed E-state index contributed by atoms with van der Waals surface area (Å²) in [6.45, 7) is 2.13. The van der Waals surface area contributed by atoms with Crippen LogP contribution in [0.1, 0.15) is 19.8 Å². The van der Waals surface area contributed by atoms with Crippen molar-refractivity contribution in [3.63, 3.8) is 0 Å². The van der Waals surface area contributed by atoms with Crippen molar-refractivity contribution in [2.24, 2.45) is 0 Å². The van der Waals surface area contributed by atoms with Gasteiger partial charge in [0, 0.05) is 18.9 Å². The molecule has 1 rings (SSSR count). The Morgan fingerprint density at radius 2 is 2.29 bits per heavy atom. The first kappa shape index (κ1) is 10.7. The van der Waals surface area contributed by atoms with Crippen LogP contribution in [-0.4, -0.2) is 12.4 Å². The Balaban J connectivity index is 2.35. The van der Waals surface area contributed by atoms with Crippen molar-refractivity contribution in [2.75, 3.05) is 6.61 Å². The maximum atomic E-state index is 12.7. The fraction of sp³-hybridized carbons (Fsp3) is 0.364. The van der Waals surface area contributed by atoms with Crippen molar-refractivity contribution in [3.05, 3.63) is 30.1 Å². The van der Waals surface area contributed by atoms with E-state index in [1.807, 2.05) is 6.92 Å². The maximum Gasteiger partial charge on any atom is 0.136 e. The number of Topliss-reactive ketones (excluding diaryl/α,β-unsaturated/α-hetero) is 1. The van der Waals surface area contributed by atoms with Gasteiger partial charge in [-0.25, -0.2) is 4.39 Å². The van der Waals surface area contributed by atoms with Gasteiger partial charge in [-0.15, -0.1) is 0 Å². The average Bonchev–Trinajstić information content (AvgIpc) is 2.17. The molecule has 14 heavy (non-hydrogen) atoms. The summed E-state index contributed by atoms with van der Waals surface area (Å²) in [5.74, 6) is 0.291. The predicted octanol–water partition coefficient (Wildman–Crippen LogP) is 2.57. The van der Waals surface area contributed by atoms with Gasteiger partial charge in [-0.05, 0) is 12.1 Å². The molecule has 0 spiro atoms. The molecule has 0 atom stereocenters. The zero-order valence-corrected chi connectivity index (χ0v) is 8.13. The van der Waals surface area contributed by atoms with Gasteiger partial charge in [-0.1, -0.05) is 13.0 Å². The Labute approximate surface area is 82.7 Å². The molecule has 0 aliphatic rings. The summed E-state index contributed by atoms with van der Waals surface area (Å²) in [6.07, 6.45) is 0.902. The first-order chi connectivity index (χ1) is 6.72. The average molecular weight is 196 g/mol. The molecule has 0 saturated carbocycles. The molecular weight excluding hydrogens is 183 g/mol. The Hall–Kier alpha value is -1.38. The Morgan fingerprint density at radius 3 is 2.93 bits per heavy atom. The van der Waals surface area contributed by atoms with Crippen molar-refractivity contribution < 1.29 is 13.9 Å². The second kappa shape index (κ2) is 5.37. The van der Waals surface area contributed by atoms with E-state index >= 15 is 0 Å². The molecule has 0 saturated heterocycles. The van der Waals surface area contributed by atoms with Gasteiger partial charge >= 0.3 is 0 Å². The number of carbonyl (C=O) groups excluding carboxylic acids is 1. The molecule has 0 fully saturated rings. The number of ketones is 1. The molecule has 1 aromatic rings. The lowest BCUT2D eigenvalue weighted by molar-refractivity contribution is -0.119. The topological polar surface area (TPSA) is 26.3 Å². The van der Waals surface area contributed by atoms with Crippen molar-refractivity contribution in [1.82, 2.24) is 0 Å². The fourth-order valence-corrected chi connectivity index (χ4v) is 1.02. The largest absolute Gasteiger partial charge is 0.493 e. The predicted molar refractivity (Wildman–Crippen MR) is 51.8 cm³/mol. The van der Waals surface area contributed by atoms with Gasteiger partial charge < -0.3 is 4.74 Å². The zero-order valence-electron chi connectivity index (χ0n) is 8.13. The molecule has 0 unspecified atom stereocenters. The molecule has 0 aliphatic heterocycles. The van der Waals surface area contributed by atoms with E-state index in [9.17, 15) is 9.18 Å². The van der Waals surface area contributed by atoms with E-state index in [0.717, 1.165) is 0 Å². The quantitative estimate of drug-likeness (QED) is 0.723. The fourth-order valence-electron chi connectivity index (χ4n) is 1.02.